The Morgan fingerprint density at radius 3 is 2.88 bits per heavy atom. The molecule has 1 aromatic carbocycles. The zero-order valence-electron chi connectivity index (χ0n) is 14.7. The predicted molar refractivity (Wildman–Crippen MR) is 104 cm³/mol. The van der Waals surface area contributed by atoms with Gasteiger partial charge in [-0.1, -0.05) is 17.7 Å². The molecular weight excluding hydrogens is 354 g/mol. The number of amides is 2. The van der Waals surface area contributed by atoms with Gasteiger partial charge in [-0.05, 0) is 39.3 Å². The second kappa shape index (κ2) is 6.80. The molecule has 1 atom stereocenters. The van der Waals surface area contributed by atoms with Crippen molar-refractivity contribution in [1.82, 2.24) is 9.88 Å². The summed E-state index contributed by atoms with van der Waals surface area (Å²) in [7, 11) is 0. The third-order valence-electron chi connectivity index (χ3n) is 4.37. The van der Waals surface area contributed by atoms with Crippen LogP contribution in [0.25, 0.3) is 11.3 Å². The minimum atomic E-state index is -0.467. The predicted octanol–water partition coefficient (Wildman–Crippen LogP) is 3.68. The largest absolute Gasteiger partial charge is 0.318 e. The summed E-state index contributed by atoms with van der Waals surface area (Å²) in [6.07, 6.45) is 0.758. The van der Waals surface area contributed by atoms with Gasteiger partial charge in [0.2, 0.25) is 12.3 Å². The van der Waals surface area contributed by atoms with Gasteiger partial charge in [0.15, 0.2) is 5.13 Å². The number of thioether (sulfide) groups is 1. The van der Waals surface area contributed by atoms with Gasteiger partial charge in [0.25, 0.3) is 0 Å². The number of carbonyl (C=O) groups excluding carboxylic acids is 2. The van der Waals surface area contributed by atoms with E-state index in [0.717, 1.165) is 23.2 Å². The maximum Gasteiger partial charge on any atom is 0.249 e. The van der Waals surface area contributed by atoms with Crippen LogP contribution in [-0.2, 0) is 9.59 Å². The molecule has 25 heavy (non-hydrogen) atoms. The van der Waals surface area contributed by atoms with Gasteiger partial charge in [-0.2, -0.15) is 0 Å². The summed E-state index contributed by atoms with van der Waals surface area (Å²) in [6, 6.07) is 5.77. The topological polar surface area (TPSA) is 62.3 Å². The SMILES string of the molecule is Cc1ccc(C)c(-c2csc(NC(=O)C3CSC(C)(C)N3C=O)n2)c1. The Kier molecular flexibility index (Phi) is 4.88. The Balaban J connectivity index is 1.77. The number of thiazole rings is 1. The average Bonchev–Trinajstić information content (AvgIpc) is 3.13. The summed E-state index contributed by atoms with van der Waals surface area (Å²) in [5, 5.41) is 5.37. The average molecular weight is 376 g/mol. The Labute approximate surface area is 155 Å². The highest BCUT2D eigenvalue weighted by Crippen LogP contribution is 2.38. The minimum absolute atomic E-state index is 0.188. The van der Waals surface area contributed by atoms with E-state index in [2.05, 4.69) is 28.5 Å². The number of hydrogen-bond donors (Lipinski definition) is 1. The number of hydrogen-bond acceptors (Lipinski definition) is 5. The van der Waals surface area contributed by atoms with Gasteiger partial charge in [-0.3, -0.25) is 9.59 Å². The maximum atomic E-state index is 12.6. The molecule has 1 N–H and O–H groups in total. The number of carbonyl (C=O) groups is 2. The molecule has 1 fully saturated rings. The molecule has 0 radical (unpaired) electrons. The summed E-state index contributed by atoms with van der Waals surface area (Å²) in [5.41, 5.74) is 4.25. The van der Waals surface area contributed by atoms with Crippen molar-refractivity contribution in [2.45, 2.75) is 38.6 Å². The lowest BCUT2D eigenvalue weighted by Gasteiger charge is -2.29. The molecule has 2 aromatic rings. The molecule has 1 aliphatic rings. The fourth-order valence-electron chi connectivity index (χ4n) is 2.87. The van der Waals surface area contributed by atoms with Gasteiger partial charge in [0.05, 0.1) is 10.6 Å². The van der Waals surface area contributed by atoms with E-state index < -0.39 is 6.04 Å². The van der Waals surface area contributed by atoms with Crippen LogP contribution in [0.5, 0.6) is 0 Å². The quantitative estimate of drug-likeness (QED) is 0.828. The maximum absolute atomic E-state index is 12.6. The van der Waals surface area contributed by atoms with E-state index in [9.17, 15) is 9.59 Å². The Morgan fingerprint density at radius 2 is 2.16 bits per heavy atom. The van der Waals surface area contributed by atoms with Crippen LogP contribution in [0.2, 0.25) is 0 Å². The summed E-state index contributed by atoms with van der Waals surface area (Å²) in [4.78, 5) is 29.7. The molecule has 0 saturated carbocycles. The van der Waals surface area contributed by atoms with E-state index >= 15 is 0 Å². The van der Waals surface area contributed by atoms with E-state index in [0.29, 0.717) is 10.9 Å². The molecule has 3 rings (SSSR count). The lowest BCUT2D eigenvalue weighted by atomic mass is 10.0. The summed E-state index contributed by atoms with van der Waals surface area (Å²) < 4.78 is 0. The second-order valence-corrected chi connectivity index (χ2v) is 9.11. The van der Waals surface area contributed by atoms with Crippen LogP contribution in [0.1, 0.15) is 25.0 Å². The Hall–Kier alpha value is -1.86. The van der Waals surface area contributed by atoms with Crippen LogP contribution in [0.3, 0.4) is 0 Å². The van der Waals surface area contributed by atoms with Crippen molar-refractivity contribution in [3.8, 4) is 11.3 Å². The van der Waals surface area contributed by atoms with E-state index in [1.165, 1.54) is 16.9 Å². The van der Waals surface area contributed by atoms with Gasteiger partial charge >= 0.3 is 0 Å². The molecule has 0 aliphatic carbocycles. The zero-order valence-corrected chi connectivity index (χ0v) is 16.3. The fraction of sp³-hybridized carbons (Fsp3) is 0.389. The monoisotopic (exact) mass is 375 g/mol. The van der Waals surface area contributed by atoms with Gasteiger partial charge in [0.1, 0.15) is 6.04 Å². The van der Waals surface area contributed by atoms with E-state index in [1.807, 2.05) is 33.1 Å². The van der Waals surface area contributed by atoms with Crippen molar-refractivity contribution in [1.29, 1.82) is 0 Å². The molecule has 2 amide bonds. The van der Waals surface area contributed by atoms with Crippen LogP contribution >= 0.6 is 23.1 Å². The highest BCUT2D eigenvalue weighted by Gasteiger charge is 2.43. The molecule has 1 saturated heterocycles. The first-order valence-corrected chi connectivity index (χ1v) is 9.90. The third kappa shape index (κ3) is 3.57. The highest BCUT2D eigenvalue weighted by molar-refractivity contribution is 8.00. The Bertz CT molecular complexity index is 816. The number of anilines is 1. The highest BCUT2D eigenvalue weighted by atomic mass is 32.2. The first-order chi connectivity index (χ1) is 11.8. The molecule has 1 aliphatic heterocycles. The molecule has 0 bridgehead atoms. The number of nitrogens with zero attached hydrogens (tertiary/aromatic N) is 2. The third-order valence-corrected chi connectivity index (χ3v) is 6.53. The number of benzene rings is 1. The van der Waals surface area contributed by atoms with Crippen molar-refractivity contribution in [2.24, 2.45) is 0 Å². The van der Waals surface area contributed by atoms with Crippen molar-refractivity contribution in [3.63, 3.8) is 0 Å². The minimum Gasteiger partial charge on any atom is -0.318 e. The number of rotatable bonds is 4. The first kappa shape index (κ1) is 17.9. The molecule has 1 aromatic heterocycles. The number of aryl methyl sites for hydroxylation is 2. The van der Waals surface area contributed by atoms with E-state index in [4.69, 9.17) is 0 Å². The lowest BCUT2D eigenvalue weighted by molar-refractivity contribution is -0.130. The first-order valence-electron chi connectivity index (χ1n) is 8.03. The number of nitrogens with one attached hydrogen (secondary N) is 1. The van der Waals surface area contributed by atoms with Crippen molar-refractivity contribution in [2.75, 3.05) is 11.1 Å². The molecule has 2 heterocycles. The molecule has 1 unspecified atom stereocenters. The van der Waals surface area contributed by atoms with E-state index in [-0.39, 0.29) is 10.8 Å². The van der Waals surface area contributed by atoms with Gasteiger partial charge in [0, 0.05) is 16.7 Å². The molecule has 0 spiro atoms. The van der Waals surface area contributed by atoms with E-state index in [1.54, 1.807) is 16.7 Å². The zero-order chi connectivity index (χ0) is 18.2. The van der Waals surface area contributed by atoms with Crippen LogP contribution in [0.4, 0.5) is 5.13 Å². The van der Waals surface area contributed by atoms with Gasteiger partial charge < -0.3 is 10.2 Å². The lowest BCUT2D eigenvalue weighted by Crippen LogP contribution is -2.47. The van der Waals surface area contributed by atoms with Crippen molar-refractivity contribution >= 4 is 40.5 Å². The summed E-state index contributed by atoms with van der Waals surface area (Å²) in [6.45, 7) is 7.99. The fourth-order valence-corrected chi connectivity index (χ4v) is 4.78. The molecular formula is C18H21N3O2S2. The summed E-state index contributed by atoms with van der Waals surface area (Å²) in [5.74, 6) is 0.402. The molecule has 5 nitrogen and oxygen atoms in total. The smallest absolute Gasteiger partial charge is 0.249 e. The normalized spacial score (nSPS) is 19.0. The summed E-state index contributed by atoms with van der Waals surface area (Å²) >= 11 is 3.00. The van der Waals surface area contributed by atoms with Gasteiger partial charge in [-0.25, -0.2) is 4.98 Å². The van der Waals surface area contributed by atoms with Gasteiger partial charge in [-0.15, -0.1) is 23.1 Å². The van der Waals surface area contributed by atoms with Crippen molar-refractivity contribution in [3.05, 3.63) is 34.7 Å². The number of aromatic nitrogens is 1. The van der Waals surface area contributed by atoms with Crippen LogP contribution in [0, 0.1) is 13.8 Å². The van der Waals surface area contributed by atoms with Crippen LogP contribution in [-0.4, -0.2) is 38.9 Å². The second-order valence-electron chi connectivity index (χ2n) is 6.63. The molecule has 132 valence electrons. The Morgan fingerprint density at radius 1 is 1.40 bits per heavy atom. The molecule has 7 heteroatoms. The van der Waals surface area contributed by atoms with Crippen molar-refractivity contribution < 1.29 is 9.59 Å². The van der Waals surface area contributed by atoms with Crippen LogP contribution < -0.4 is 5.32 Å². The standard InChI is InChI=1S/C18H21N3O2S2/c1-11-5-6-12(2)13(7-11)14-8-24-17(19-14)20-16(23)15-9-25-18(3,4)21(15)10-22/h5-8,10,15H,9H2,1-4H3,(H,19,20,23). The van der Waals surface area contributed by atoms with Crippen LogP contribution in [0.15, 0.2) is 23.6 Å².